The topological polar surface area (TPSA) is 95.9 Å². The van der Waals surface area contributed by atoms with Gasteiger partial charge in [-0.25, -0.2) is 0 Å². The lowest BCUT2D eigenvalue weighted by Gasteiger charge is -2.22. The number of unbranched alkanes of at least 4 members (excludes halogenated alkanes) is 66. The Morgan fingerprint density at radius 3 is 0.848 bits per heavy atom. The standard InChI is InChI=1S/C86H167NO5/c1-3-5-7-9-11-13-15-17-19-21-22-23-24-34-37-40-43-47-50-54-58-62-66-70-74-78-84(89)83(82-88)87-85(90)79-75-71-67-63-59-55-51-48-44-41-38-35-32-30-28-26-25-27-29-31-33-36-39-42-45-49-53-57-61-65-69-73-77-81-92-86(91)80-76-72-68-64-60-56-52-46-20-18-16-14-12-10-8-6-4-2/h12,14,18,20,83-84,88-89H,3-11,13,15-17,19,21-82H2,1-2H3,(H,87,90)/b14-12-,20-18-. The molecule has 546 valence electrons. The summed E-state index contributed by atoms with van der Waals surface area (Å²) >= 11 is 0. The fourth-order valence-corrected chi connectivity index (χ4v) is 13.8. The van der Waals surface area contributed by atoms with E-state index in [-0.39, 0.29) is 18.5 Å². The van der Waals surface area contributed by atoms with E-state index in [4.69, 9.17) is 4.74 Å². The molecule has 0 aliphatic rings. The van der Waals surface area contributed by atoms with Crippen molar-refractivity contribution in [2.75, 3.05) is 13.2 Å². The van der Waals surface area contributed by atoms with Gasteiger partial charge in [-0.3, -0.25) is 9.59 Å². The molecule has 0 aliphatic carbocycles. The Kier molecular flexibility index (Phi) is 80.3. The second-order valence-corrected chi connectivity index (χ2v) is 29.5. The lowest BCUT2D eigenvalue weighted by Crippen LogP contribution is -2.45. The van der Waals surface area contributed by atoms with Gasteiger partial charge in [-0.2, -0.15) is 0 Å². The van der Waals surface area contributed by atoms with E-state index in [0.29, 0.717) is 25.9 Å². The first-order chi connectivity index (χ1) is 45.5. The summed E-state index contributed by atoms with van der Waals surface area (Å²) in [7, 11) is 0. The van der Waals surface area contributed by atoms with Crippen molar-refractivity contribution in [1.29, 1.82) is 0 Å². The second-order valence-electron chi connectivity index (χ2n) is 29.5. The summed E-state index contributed by atoms with van der Waals surface area (Å²) in [6.45, 7) is 4.99. The molecule has 0 radical (unpaired) electrons. The van der Waals surface area contributed by atoms with Crippen molar-refractivity contribution in [3.05, 3.63) is 24.3 Å². The molecule has 0 aromatic rings. The van der Waals surface area contributed by atoms with Crippen molar-refractivity contribution in [3.63, 3.8) is 0 Å². The molecule has 0 heterocycles. The van der Waals surface area contributed by atoms with Gasteiger partial charge in [0.05, 0.1) is 25.4 Å². The normalized spacial score (nSPS) is 12.5. The van der Waals surface area contributed by atoms with Gasteiger partial charge in [0.1, 0.15) is 0 Å². The van der Waals surface area contributed by atoms with Gasteiger partial charge in [0.25, 0.3) is 0 Å². The summed E-state index contributed by atoms with van der Waals surface area (Å²) < 4.78 is 5.51. The van der Waals surface area contributed by atoms with Crippen molar-refractivity contribution in [2.24, 2.45) is 0 Å². The molecule has 6 nitrogen and oxygen atoms in total. The highest BCUT2D eigenvalue weighted by molar-refractivity contribution is 5.76. The maximum absolute atomic E-state index is 12.6. The summed E-state index contributed by atoms with van der Waals surface area (Å²) in [5, 5.41) is 23.5. The third-order valence-corrected chi connectivity index (χ3v) is 20.3. The average molecular weight is 1300 g/mol. The third-order valence-electron chi connectivity index (χ3n) is 20.3. The zero-order valence-corrected chi connectivity index (χ0v) is 62.8. The van der Waals surface area contributed by atoms with Gasteiger partial charge in [-0.15, -0.1) is 0 Å². The molecule has 6 heteroatoms. The molecule has 2 unspecified atom stereocenters. The summed E-state index contributed by atoms with van der Waals surface area (Å²) in [5.74, 6) is -0.00863. The van der Waals surface area contributed by atoms with Crippen LogP contribution in [-0.2, 0) is 14.3 Å². The maximum atomic E-state index is 12.6. The zero-order chi connectivity index (χ0) is 66.3. The Bertz CT molecular complexity index is 1450. The molecule has 3 N–H and O–H groups in total. The Morgan fingerprint density at radius 2 is 0.543 bits per heavy atom. The molecule has 0 fully saturated rings. The molecule has 92 heavy (non-hydrogen) atoms. The van der Waals surface area contributed by atoms with E-state index in [9.17, 15) is 19.8 Å². The Hall–Kier alpha value is -1.66. The van der Waals surface area contributed by atoms with Crippen LogP contribution in [0, 0.1) is 0 Å². The van der Waals surface area contributed by atoms with E-state index >= 15 is 0 Å². The van der Waals surface area contributed by atoms with E-state index < -0.39 is 12.1 Å². The lowest BCUT2D eigenvalue weighted by atomic mass is 10.0. The van der Waals surface area contributed by atoms with Gasteiger partial charge in [0, 0.05) is 12.8 Å². The van der Waals surface area contributed by atoms with Gasteiger partial charge in [0.2, 0.25) is 5.91 Å². The van der Waals surface area contributed by atoms with Gasteiger partial charge in [0.15, 0.2) is 0 Å². The van der Waals surface area contributed by atoms with Gasteiger partial charge < -0.3 is 20.3 Å². The smallest absolute Gasteiger partial charge is 0.305 e. The highest BCUT2D eigenvalue weighted by Crippen LogP contribution is 2.21. The number of aliphatic hydroxyl groups is 2. The largest absolute Gasteiger partial charge is 0.466 e. The number of nitrogens with one attached hydrogen (secondary N) is 1. The predicted molar refractivity (Wildman–Crippen MR) is 407 cm³/mol. The molecule has 0 aromatic heterocycles. The summed E-state index contributed by atoms with van der Waals surface area (Å²) in [6.07, 6.45) is 106. The predicted octanol–water partition coefficient (Wildman–Crippen LogP) is 28.4. The maximum Gasteiger partial charge on any atom is 0.305 e. The molecule has 0 rings (SSSR count). The minimum absolute atomic E-state index is 0.0151. The summed E-state index contributed by atoms with van der Waals surface area (Å²) in [6, 6.07) is -0.539. The minimum Gasteiger partial charge on any atom is -0.466 e. The van der Waals surface area contributed by atoms with Crippen LogP contribution in [-0.4, -0.2) is 47.4 Å². The first-order valence-electron chi connectivity index (χ1n) is 42.6. The lowest BCUT2D eigenvalue weighted by molar-refractivity contribution is -0.143. The molecular formula is C86H167NO5. The van der Waals surface area contributed by atoms with Crippen LogP contribution < -0.4 is 5.32 Å². The van der Waals surface area contributed by atoms with Crippen molar-refractivity contribution < 1.29 is 24.5 Å². The van der Waals surface area contributed by atoms with Crippen LogP contribution in [0.3, 0.4) is 0 Å². The molecule has 1 amide bonds. The molecule has 2 atom stereocenters. The zero-order valence-electron chi connectivity index (χ0n) is 62.8. The van der Waals surface area contributed by atoms with E-state index in [1.54, 1.807) is 0 Å². The summed E-state index contributed by atoms with van der Waals surface area (Å²) in [4.78, 5) is 24.7. The number of carbonyl (C=O) groups excluding carboxylic acids is 2. The minimum atomic E-state index is -0.662. The van der Waals surface area contributed by atoms with Crippen molar-refractivity contribution >= 4 is 11.9 Å². The van der Waals surface area contributed by atoms with Crippen LogP contribution >= 0.6 is 0 Å². The Labute approximate surface area is 577 Å². The monoisotopic (exact) mass is 1290 g/mol. The van der Waals surface area contributed by atoms with Gasteiger partial charge in [-0.1, -0.05) is 443 Å². The average Bonchev–Trinajstić information content (AvgIpc) is 3.61. The van der Waals surface area contributed by atoms with Crippen LogP contribution in [0.15, 0.2) is 24.3 Å². The second kappa shape index (κ2) is 81.8. The van der Waals surface area contributed by atoms with Crippen molar-refractivity contribution in [2.45, 2.75) is 501 Å². The van der Waals surface area contributed by atoms with Crippen LogP contribution in [0.25, 0.3) is 0 Å². The van der Waals surface area contributed by atoms with Crippen LogP contribution in [0.4, 0.5) is 0 Å². The number of amides is 1. The number of hydrogen-bond donors (Lipinski definition) is 3. The van der Waals surface area contributed by atoms with Gasteiger partial charge >= 0.3 is 5.97 Å². The van der Waals surface area contributed by atoms with E-state index in [0.717, 1.165) is 51.4 Å². The Morgan fingerprint density at radius 1 is 0.304 bits per heavy atom. The van der Waals surface area contributed by atoms with Crippen LogP contribution in [0.2, 0.25) is 0 Å². The van der Waals surface area contributed by atoms with E-state index in [1.807, 2.05) is 0 Å². The first kappa shape index (κ1) is 90.3. The Balaban J connectivity index is 3.32. The number of carbonyl (C=O) groups is 2. The number of hydrogen-bond acceptors (Lipinski definition) is 5. The van der Waals surface area contributed by atoms with Crippen molar-refractivity contribution in [3.8, 4) is 0 Å². The molecule has 0 aliphatic heterocycles. The first-order valence-corrected chi connectivity index (χ1v) is 42.6. The van der Waals surface area contributed by atoms with Crippen LogP contribution in [0.1, 0.15) is 489 Å². The molecule has 0 saturated carbocycles. The highest BCUT2D eigenvalue weighted by atomic mass is 16.5. The molecular weight excluding hydrogens is 1130 g/mol. The number of esters is 1. The third kappa shape index (κ3) is 77.3. The number of allylic oxidation sites excluding steroid dienone is 4. The SMILES string of the molecule is CCCCC/C=C\C/C=C\CCCCCCCCCC(=O)OCCCCCCCCCCCCCCCCCCCCCCCCCCCCCCCCCCCC(=O)NC(CO)C(O)CCCCCCCCCCCCCCCCCCCCCCCCCCC. The summed E-state index contributed by atoms with van der Waals surface area (Å²) in [5.41, 5.74) is 0. The van der Waals surface area contributed by atoms with E-state index in [2.05, 4.69) is 43.5 Å². The highest BCUT2D eigenvalue weighted by Gasteiger charge is 2.20. The van der Waals surface area contributed by atoms with Crippen molar-refractivity contribution in [1.82, 2.24) is 5.32 Å². The fraction of sp³-hybridized carbons (Fsp3) is 0.930. The number of aliphatic hydroxyl groups excluding tert-OH is 2. The van der Waals surface area contributed by atoms with Gasteiger partial charge in [-0.05, 0) is 57.8 Å². The van der Waals surface area contributed by atoms with Crippen LogP contribution in [0.5, 0.6) is 0 Å². The molecule has 0 saturated heterocycles. The molecule has 0 spiro atoms. The number of ether oxygens (including phenoxy) is 1. The molecule has 0 aromatic carbocycles. The number of rotatable bonds is 81. The van der Waals surface area contributed by atoms with E-state index in [1.165, 1.54) is 405 Å². The quantitative estimate of drug-likeness (QED) is 0.0320. The molecule has 0 bridgehead atoms. The fourth-order valence-electron chi connectivity index (χ4n) is 13.8.